The third-order valence-electron chi connectivity index (χ3n) is 5.18. The SMILES string of the molecule is C=C(CCOC(=O)N1CCc2ccccc2[C@@H]1c1ccc(F)cc1)NCCS(C)(=O)=O. The van der Waals surface area contributed by atoms with Crippen LogP contribution in [0.3, 0.4) is 0 Å². The summed E-state index contributed by atoms with van der Waals surface area (Å²) in [6, 6.07) is 13.7. The average Bonchev–Trinajstić information content (AvgIpc) is 2.72. The van der Waals surface area contributed by atoms with Gasteiger partial charge in [0.05, 0.1) is 18.4 Å². The predicted octanol–water partition coefficient (Wildman–Crippen LogP) is 3.45. The van der Waals surface area contributed by atoms with Crippen molar-refractivity contribution in [3.05, 3.63) is 83.3 Å². The molecule has 1 aliphatic heterocycles. The number of halogens is 1. The fourth-order valence-electron chi connectivity index (χ4n) is 3.61. The third-order valence-corrected chi connectivity index (χ3v) is 6.13. The van der Waals surface area contributed by atoms with Gasteiger partial charge in [-0.2, -0.15) is 0 Å². The molecule has 2 aromatic rings. The van der Waals surface area contributed by atoms with Crippen LogP contribution in [0.2, 0.25) is 0 Å². The van der Waals surface area contributed by atoms with Crippen LogP contribution >= 0.6 is 0 Å². The first-order chi connectivity index (χ1) is 14.7. The van der Waals surface area contributed by atoms with E-state index in [1.807, 2.05) is 24.3 Å². The molecule has 6 nitrogen and oxygen atoms in total. The van der Waals surface area contributed by atoms with Crippen LogP contribution in [-0.2, 0) is 21.0 Å². The van der Waals surface area contributed by atoms with Gasteiger partial charge < -0.3 is 10.1 Å². The Hall–Kier alpha value is -2.87. The molecule has 0 aliphatic carbocycles. The molecular formula is C23H27FN2O4S. The highest BCUT2D eigenvalue weighted by Crippen LogP contribution is 2.35. The van der Waals surface area contributed by atoms with Crippen molar-refractivity contribution < 1.29 is 22.3 Å². The summed E-state index contributed by atoms with van der Waals surface area (Å²) in [5.41, 5.74) is 3.58. The van der Waals surface area contributed by atoms with Gasteiger partial charge >= 0.3 is 6.09 Å². The molecule has 0 bridgehead atoms. The number of hydrogen-bond donors (Lipinski definition) is 1. The average molecular weight is 447 g/mol. The fraction of sp³-hybridized carbons (Fsp3) is 0.348. The van der Waals surface area contributed by atoms with E-state index >= 15 is 0 Å². The maximum atomic E-state index is 13.4. The Bertz CT molecular complexity index is 1040. The Morgan fingerprint density at radius 1 is 1.23 bits per heavy atom. The van der Waals surface area contributed by atoms with Gasteiger partial charge in [0.15, 0.2) is 0 Å². The summed E-state index contributed by atoms with van der Waals surface area (Å²) < 4.78 is 41.3. The van der Waals surface area contributed by atoms with Gasteiger partial charge in [-0.15, -0.1) is 0 Å². The van der Waals surface area contributed by atoms with Gasteiger partial charge in [-0.1, -0.05) is 43.0 Å². The zero-order valence-corrected chi connectivity index (χ0v) is 18.3. The number of amides is 1. The standard InChI is InChI=1S/C23H27FN2O4S/c1-17(25-13-16-31(2,28)29)12-15-30-23(27)26-14-11-18-5-3-4-6-21(18)22(26)19-7-9-20(24)10-8-19/h3-10,22,25H,1,11-16H2,2H3/t22-/m0/s1. The molecule has 1 atom stereocenters. The highest BCUT2D eigenvalue weighted by atomic mass is 32.2. The van der Waals surface area contributed by atoms with Crippen molar-refractivity contribution in [2.45, 2.75) is 18.9 Å². The molecule has 0 radical (unpaired) electrons. The van der Waals surface area contributed by atoms with E-state index in [4.69, 9.17) is 4.74 Å². The number of carbonyl (C=O) groups is 1. The van der Waals surface area contributed by atoms with Gasteiger partial charge in [0.25, 0.3) is 0 Å². The lowest BCUT2D eigenvalue weighted by Crippen LogP contribution is -2.41. The zero-order chi connectivity index (χ0) is 22.4. The molecule has 0 unspecified atom stereocenters. The number of ether oxygens (including phenoxy) is 1. The Morgan fingerprint density at radius 3 is 2.65 bits per heavy atom. The van der Waals surface area contributed by atoms with E-state index in [2.05, 4.69) is 11.9 Å². The van der Waals surface area contributed by atoms with Crippen LogP contribution in [0.1, 0.15) is 29.2 Å². The molecule has 0 saturated heterocycles. The van der Waals surface area contributed by atoms with E-state index in [1.54, 1.807) is 17.0 Å². The summed E-state index contributed by atoms with van der Waals surface area (Å²) in [6.07, 6.45) is 1.81. The third kappa shape index (κ3) is 6.30. The Morgan fingerprint density at radius 2 is 1.94 bits per heavy atom. The molecular weight excluding hydrogens is 419 g/mol. The summed E-state index contributed by atoms with van der Waals surface area (Å²) in [7, 11) is -3.05. The van der Waals surface area contributed by atoms with Crippen molar-refractivity contribution in [2.75, 3.05) is 31.7 Å². The molecule has 1 amide bonds. The van der Waals surface area contributed by atoms with Gasteiger partial charge in [0.2, 0.25) is 0 Å². The second kappa shape index (κ2) is 9.96. The number of hydrogen-bond acceptors (Lipinski definition) is 5. The van der Waals surface area contributed by atoms with E-state index in [-0.39, 0.29) is 30.8 Å². The minimum atomic E-state index is -3.05. The molecule has 0 fully saturated rings. The quantitative estimate of drug-likeness (QED) is 0.672. The predicted molar refractivity (Wildman–Crippen MR) is 118 cm³/mol. The second-order valence-corrected chi connectivity index (χ2v) is 9.88. The lowest BCUT2D eigenvalue weighted by Gasteiger charge is -2.37. The van der Waals surface area contributed by atoms with Crippen molar-refractivity contribution in [2.24, 2.45) is 0 Å². The summed E-state index contributed by atoms with van der Waals surface area (Å²) >= 11 is 0. The Kier molecular flexibility index (Phi) is 7.33. The van der Waals surface area contributed by atoms with Gasteiger partial charge in [-0.05, 0) is 35.2 Å². The van der Waals surface area contributed by atoms with Gasteiger partial charge in [-0.3, -0.25) is 4.90 Å². The molecule has 8 heteroatoms. The van der Waals surface area contributed by atoms with Crippen LogP contribution in [0, 0.1) is 5.82 Å². The Labute approximate surface area is 182 Å². The summed E-state index contributed by atoms with van der Waals surface area (Å²) in [5, 5.41) is 2.93. The summed E-state index contributed by atoms with van der Waals surface area (Å²) in [5.74, 6) is -0.318. The molecule has 2 aromatic carbocycles. The summed E-state index contributed by atoms with van der Waals surface area (Å²) in [6.45, 7) is 4.72. The highest BCUT2D eigenvalue weighted by Gasteiger charge is 2.32. The van der Waals surface area contributed by atoms with E-state index in [0.29, 0.717) is 25.1 Å². The van der Waals surface area contributed by atoms with Gasteiger partial charge in [-0.25, -0.2) is 17.6 Å². The van der Waals surface area contributed by atoms with Crippen molar-refractivity contribution >= 4 is 15.9 Å². The topological polar surface area (TPSA) is 75.7 Å². The van der Waals surface area contributed by atoms with Crippen molar-refractivity contribution in [1.29, 1.82) is 0 Å². The fourth-order valence-corrected chi connectivity index (χ4v) is 4.09. The molecule has 0 aromatic heterocycles. The number of benzene rings is 2. The second-order valence-electron chi connectivity index (χ2n) is 7.62. The Balaban J connectivity index is 1.64. The minimum Gasteiger partial charge on any atom is -0.449 e. The van der Waals surface area contributed by atoms with Crippen molar-refractivity contribution in [3.8, 4) is 0 Å². The summed E-state index contributed by atoms with van der Waals surface area (Å²) in [4.78, 5) is 14.5. The molecule has 0 saturated carbocycles. The number of rotatable bonds is 8. The lowest BCUT2D eigenvalue weighted by molar-refractivity contribution is 0.0900. The highest BCUT2D eigenvalue weighted by molar-refractivity contribution is 7.90. The molecule has 3 rings (SSSR count). The first-order valence-electron chi connectivity index (χ1n) is 10.1. The van der Waals surface area contributed by atoms with Crippen LogP contribution in [0.4, 0.5) is 9.18 Å². The van der Waals surface area contributed by atoms with Gasteiger partial charge in [0.1, 0.15) is 15.7 Å². The largest absolute Gasteiger partial charge is 0.449 e. The van der Waals surface area contributed by atoms with Crippen LogP contribution in [0.15, 0.2) is 60.8 Å². The first-order valence-corrected chi connectivity index (χ1v) is 12.2. The molecule has 166 valence electrons. The molecule has 0 spiro atoms. The number of sulfone groups is 1. The van der Waals surface area contributed by atoms with Crippen LogP contribution in [0.5, 0.6) is 0 Å². The van der Waals surface area contributed by atoms with Crippen LogP contribution < -0.4 is 5.32 Å². The van der Waals surface area contributed by atoms with E-state index in [0.717, 1.165) is 16.7 Å². The molecule has 1 aliphatic rings. The maximum Gasteiger partial charge on any atom is 0.410 e. The van der Waals surface area contributed by atoms with Gasteiger partial charge in [0, 0.05) is 31.5 Å². The minimum absolute atomic E-state index is 0.0122. The van der Waals surface area contributed by atoms with E-state index in [1.165, 1.54) is 18.4 Å². The number of nitrogens with zero attached hydrogens (tertiary/aromatic N) is 1. The molecule has 31 heavy (non-hydrogen) atoms. The number of nitrogens with one attached hydrogen (secondary N) is 1. The normalized spacial score (nSPS) is 15.8. The molecule has 1 heterocycles. The maximum absolute atomic E-state index is 13.4. The zero-order valence-electron chi connectivity index (χ0n) is 17.5. The van der Waals surface area contributed by atoms with Crippen molar-refractivity contribution in [1.82, 2.24) is 10.2 Å². The smallest absolute Gasteiger partial charge is 0.410 e. The lowest BCUT2D eigenvalue weighted by atomic mass is 9.88. The number of carbonyl (C=O) groups excluding carboxylic acids is 1. The van der Waals surface area contributed by atoms with Crippen LogP contribution in [0.25, 0.3) is 0 Å². The first kappa shape index (κ1) is 22.8. The van der Waals surface area contributed by atoms with E-state index in [9.17, 15) is 17.6 Å². The van der Waals surface area contributed by atoms with Crippen molar-refractivity contribution in [3.63, 3.8) is 0 Å². The monoisotopic (exact) mass is 446 g/mol. The van der Waals surface area contributed by atoms with Crippen LogP contribution in [-0.4, -0.2) is 51.1 Å². The number of fused-ring (bicyclic) bond motifs is 1. The van der Waals surface area contributed by atoms with E-state index < -0.39 is 15.9 Å². The molecule has 1 N–H and O–H groups in total.